The topological polar surface area (TPSA) is 57.6 Å². The van der Waals surface area contributed by atoms with Gasteiger partial charge in [-0.05, 0) is 31.0 Å². The lowest BCUT2D eigenvalue weighted by atomic mass is 10.0. The Morgan fingerprint density at radius 1 is 1.47 bits per heavy atom. The average Bonchev–Trinajstić information content (AvgIpc) is 2.69. The first-order chi connectivity index (χ1) is 8.93. The SMILES string of the molecule is C#CC1CC(=O)N(c2c(C)cc(C)cc2C(=O)O)C1. The first-order valence-electron chi connectivity index (χ1n) is 6.05. The molecule has 0 bridgehead atoms. The Balaban J connectivity index is 2.54. The van der Waals surface area contributed by atoms with E-state index in [4.69, 9.17) is 6.42 Å². The van der Waals surface area contributed by atoms with Gasteiger partial charge in [0.25, 0.3) is 0 Å². The van der Waals surface area contributed by atoms with Crippen LogP contribution in [-0.4, -0.2) is 23.5 Å². The molecule has 1 unspecified atom stereocenters. The normalized spacial score (nSPS) is 18.5. The van der Waals surface area contributed by atoms with Gasteiger partial charge in [-0.2, -0.15) is 0 Å². The minimum absolute atomic E-state index is 0.114. The Kier molecular flexibility index (Phi) is 3.30. The number of carboxylic acids is 1. The van der Waals surface area contributed by atoms with Gasteiger partial charge in [0.2, 0.25) is 5.91 Å². The molecule has 1 aliphatic heterocycles. The molecule has 1 amide bonds. The Hall–Kier alpha value is -2.28. The summed E-state index contributed by atoms with van der Waals surface area (Å²) in [5, 5.41) is 9.31. The number of aryl methyl sites for hydroxylation is 2. The summed E-state index contributed by atoms with van der Waals surface area (Å²) in [5.41, 5.74) is 2.27. The molecule has 4 nitrogen and oxygen atoms in total. The van der Waals surface area contributed by atoms with Crippen molar-refractivity contribution in [1.82, 2.24) is 0 Å². The van der Waals surface area contributed by atoms with Gasteiger partial charge in [0.15, 0.2) is 0 Å². The van der Waals surface area contributed by atoms with Crippen LogP contribution >= 0.6 is 0 Å². The lowest BCUT2D eigenvalue weighted by Crippen LogP contribution is -2.27. The van der Waals surface area contributed by atoms with Crippen LogP contribution in [0.25, 0.3) is 0 Å². The number of benzene rings is 1. The fourth-order valence-electron chi connectivity index (χ4n) is 2.52. The molecule has 1 N–H and O–H groups in total. The molecule has 98 valence electrons. The molecule has 4 heteroatoms. The molecule has 0 spiro atoms. The van der Waals surface area contributed by atoms with Crippen LogP contribution in [0.2, 0.25) is 0 Å². The quantitative estimate of drug-likeness (QED) is 0.824. The largest absolute Gasteiger partial charge is 0.478 e. The zero-order chi connectivity index (χ0) is 14.2. The second-order valence-electron chi connectivity index (χ2n) is 4.86. The van der Waals surface area contributed by atoms with E-state index in [0.717, 1.165) is 11.1 Å². The first kappa shape index (κ1) is 13.2. The first-order valence-corrected chi connectivity index (χ1v) is 6.05. The third-order valence-corrected chi connectivity index (χ3v) is 3.31. The van der Waals surface area contributed by atoms with Crippen molar-refractivity contribution < 1.29 is 14.7 Å². The number of nitrogens with zero attached hydrogens (tertiary/aromatic N) is 1. The minimum atomic E-state index is -1.03. The smallest absolute Gasteiger partial charge is 0.337 e. The maximum atomic E-state index is 12.0. The highest BCUT2D eigenvalue weighted by Gasteiger charge is 2.32. The molecule has 1 aliphatic rings. The number of anilines is 1. The fourth-order valence-corrected chi connectivity index (χ4v) is 2.52. The van der Waals surface area contributed by atoms with Crippen molar-refractivity contribution >= 4 is 17.6 Å². The summed E-state index contributed by atoms with van der Waals surface area (Å²) in [6.45, 7) is 4.03. The van der Waals surface area contributed by atoms with E-state index in [0.29, 0.717) is 12.2 Å². The molecular formula is C15H15NO3. The highest BCUT2D eigenvalue weighted by Crippen LogP contribution is 2.32. The number of rotatable bonds is 2. The van der Waals surface area contributed by atoms with Crippen LogP contribution < -0.4 is 4.90 Å². The van der Waals surface area contributed by atoms with Gasteiger partial charge in [-0.3, -0.25) is 4.79 Å². The van der Waals surface area contributed by atoms with Crippen molar-refractivity contribution in [2.45, 2.75) is 20.3 Å². The van der Waals surface area contributed by atoms with Crippen LogP contribution in [0.1, 0.15) is 27.9 Å². The number of carbonyl (C=O) groups is 2. The van der Waals surface area contributed by atoms with E-state index >= 15 is 0 Å². The lowest BCUT2D eigenvalue weighted by Gasteiger charge is -2.21. The molecule has 0 radical (unpaired) electrons. The molecule has 0 saturated carbocycles. The van der Waals surface area contributed by atoms with E-state index in [1.54, 1.807) is 6.07 Å². The molecule has 1 fully saturated rings. The summed E-state index contributed by atoms with van der Waals surface area (Å²) in [4.78, 5) is 24.9. The minimum Gasteiger partial charge on any atom is -0.478 e. The highest BCUT2D eigenvalue weighted by atomic mass is 16.4. The zero-order valence-electron chi connectivity index (χ0n) is 10.9. The van der Waals surface area contributed by atoms with Gasteiger partial charge < -0.3 is 10.0 Å². The number of terminal acetylenes is 1. The Morgan fingerprint density at radius 3 is 2.68 bits per heavy atom. The summed E-state index contributed by atoms with van der Waals surface area (Å²) in [7, 11) is 0. The van der Waals surface area contributed by atoms with E-state index in [2.05, 4.69) is 5.92 Å². The predicted molar refractivity (Wildman–Crippen MR) is 72.2 cm³/mol. The summed E-state index contributed by atoms with van der Waals surface area (Å²) in [6.07, 6.45) is 5.63. The molecular weight excluding hydrogens is 242 g/mol. The van der Waals surface area contributed by atoms with E-state index < -0.39 is 5.97 Å². The number of aromatic carboxylic acids is 1. The van der Waals surface area contributed by atoms with E-state index in [-0.39, 0.29) is 23.8 Å². The van der Waals surface area contributed by atoms with Crippen molar-refractivity contribution in [3.05, 3.63) is 28.8 Å². The molecule has 1 aromatic rings. The maximum absolute atomic E-state index is 12.0. The third-order valence-electron chi connectivity index (χ3n) is 3.31. The summed E-state index contributed by atoms with van der Waals surface area (Å²) < 4.78 is 0. The summed E-state index contributed by atoms with van der Waals surface area (Å²) in [6, 6.07) is 3.46. The molecule has 1 atom stereocenters. The van der Waals surface area contributed by atoms with Gasteiger partial charge in [-0.25, -0.2) is 4.79 Å². The van der Waals surface area contributed by atoms with Gasteiger partial charge >= 0.3 is 5.97 Å². The molecule has 19 heavy (non-hydrogen) atoms. The lowest BCUT2D eigenvalue weighted by molar-refractivity contribution is -0.117. The van der Waals surface area contributed by atoms with E-state index in [1.165, 1.54) is 4.90 Å². The maximum Gasteiger partial charge on any atom is 0.337 e. The molecule has 1 saturated heterocycles. The van der Waals surface area contributed by atoms with Gasteiger partial charge in [0, 0.05) is 18.9 Å². The van der Waals surface area contributed by atoms with Crippen LogP contribution in [0.3, 0.4) is 0 Å². The van der Waals surface area contributed by atoms with Crippen molar-refractivity contribution in [2.24, 2.45) is 5.92 Å². The number of carbonyl (C=O) groups excluding carboxylic acids is 1. The van der Waals surface area contributed by atoms with E-state index in [9.17, 15) is 14.7 Å². The monoisotopic (exact) mass is 257 g/mol. The van der Waals surface area contributed by atoms with Crippen LogP contribution in [0.4, 0.5) is 5.69 Å². The van der Waals surface area contributed by atoms with Gasteiger partial charge in [0.05, 0.1) is 11.3 Å². The van der Waals surface area contributed by atoms with Crippen LogP contribution in [0.5, 0.6) is 0 Å². The van der Waals surface area contributed by atoms with Gasteiger partial charge in [-0.15, -0.1) is 12.3 Å². The molecule has 0 aliphatic carbocycles. The molecule has 1 aromatic carbocycles. The molecule has 0 aromatic heterocycles. The summed E-state index contributed by atoms with van der Waals surface area (Å²) >= 11 is 0. The van der Waals surface area contributed by atoms with Crippen LogP contribution in [0, 0.1) is 32.1 Å². The second-order valence-corrected chi connectivity index (χ2v) is 4.86. The van der Waals surface area contributed by atoms with Crippen molar-refractivity contribution in [3.63, 3.8) is 0 Å². The van der Waals surface area contributed by atoms with Crippen molar-refractivity contribution in [1.29, 1.82) is 0 Å². The van der Waals surface area contributed by atoms with Crippen LogP contribution in [-0.2, 0) is 4.79 Å². The van der Waals surface area contributed by atoms with Crippen molar-refractivity contribution in [3.8, 4) is 12.3 Å². The molecule has 2 rings (SSSR count). The van der Waals surface area contributed by atoms with Crippen LogP contribution in [0.15, 0.2) is 12.1 Å². The standard InChI is InChI=1S/C15H15NO3/c1-4-11-7-13(17)16(8-11)14-10(3)5-9(2)6-12(14)15(18)19/h1,5-6,11H,7-8H2,2-3H3,(H,18,19). The third kappa shape index (κ3) is 2.32. The number of hydrogen-bond acceptors (Lipinski definition) is 2. The Morgan fingerprint density at radius 2 is 2.16 bits per heavy atom. The number of amides is 1. The number of hydrogen-bond donors (Lipinski definition) is 1. The Bertz CT molecular complexity index is 598. The predicted octanol–water partition coefficient (Wildman–Crippen LogP) is 1.99. The average molecular weight is 257 g/mol. The fraction of sp³-hybridized carbons (Fsp3) is 0.333. The summed E-state index contributed by atoms with van der Waals surface area (Å²) in [5.74, 6) is 1.28. The van der Waals surface area contributed by atoms with Crippen molar-refractivity contribution in [2.75, 3.05) is 11.4 Å². The van der Waals surface area contributed by atoms with Gasteiger partial charge in [-0.1, -0.05) is 6.07 Å². The number of carboxylic acid groups (broad SMARTS) is 1. The van der Waals surface area contributed by atoms with Gasteiger partial charge in [0.1, 0.15) is 0 Å². The highest BCUT2D eigenvalue weighted by molar-refractivity contribution is 6.04. The zero-order valence-corrected chi connectivity index (χ0v) is 10.9. The Labute approximate surface area is 112 Å². The second kappa shape index (κ2) is 4.77. The van der Waals surface area contributed by atoms with E-state index in [1.807, 2.05) is 19.9 Å². The molecule has 1 heterocycles.